The van der Waals surface area contributed by atoms with Crippen molar-refractivity contribution in [3.05, 3.63) is 0 Å². The Morgan fingerprint density at radius 2 is 1.89 bits per heavy atom. The molecule has 0 aromatic heterocycles. The number of rotatable bonds is 3. The zero-order chi connectivity index (χ0) is 6.62. The van der Waals surface area contributed by atoms with Gasteiger partial charge in [0.05, 0.1) is 6.61 Å². The predicted octanol–water partition coefficient (Wildman–Crippen LogP) is 1.84. The normalized spacial score (nSPS) is 10.7. The van der Waals surface area contributed by atoms with Gasteiger partial charge in [0.1, 0.15) is 0 Å². The zero-order valence-electron chi connectivity index (χ0n) is 5.79. The first-order chi connectivity index (χ1) is 3.56. The minimum atomic E-state index is -2.57. The predicted molar refractivity (Wildman–Crippen MR) is 32.1 cm³/mol. The summed E-state index contributed by atoms with van der Waals surface area (Å²) in [5, 5.41) is 0. The second kappa shape index (κ2) is 4.64. The molecule has 0 saturated carbocycles. The molecule has 3 N–H and O–H groups in total. The molecule has 0 saturated heterocycles. The van der Waals surface area contributed by atoms with Crippen molar-refractivity contribution in [1.82, 2.24) is 6.15 Å². The van der Waals surface area contributed by atoms with Crippen molar-refractivity contribution in [3.8, 4) is 0 Å². The lowest BCUT2D eigenvalue weighted by atomic mass is 10.3. The number of alkyl halides is 2. The van der Waals surface area contributed by atoms with Gasteiger partial charge in [-0.1, -0.05) is 0 Å². The van der Waals surface area contributed by atoms with Crippen LogP contribution in [0.15, 0.2) is 0 Å². The minimum Gasteiger partial charge on any atom is -0.384 e. The van der Waals surface area contributed by atoms with Gasteiger partial charge < -0.3 is 10.9 Å². The minimum absolute atomic E-state index is 0. The Morgan fingerprint density at radius 3 is 2.00 bits per heavy atom. The topological polar surface area (TPSA) is 44.2 Å². The molecule has 4 heteroatoms. The first-order valence-corrected chi connectivity index (χ1v) is 2.43. The summed E-state index contributed by atoms with van der Waals surface area (Å²) in [6, 6.07) is 0. The first kappa shape index (κ1) is 11.6. The summed E-state index contributed by atoms with van der Waals surface area (Å²) >= 11 is 0. The summed E-state index contributed by atoms with van der Waals surface area (Å²) < 4.78 is 28.1. The fourth-order valence-corrected chi connectivity index (χ4v) is 0.281. The summed E-state index contributed by atoms with van der Waals surface area (Å²) in [7, 11) is 1.41. The van der Waals surface area contributed by atoms with Crippen molar-refractivity contribution in [2.45, 2.75) is 19.3 Å². The Morgan fingerprint density at radius 1 is 1.44 bits per heavy atom. The van der Waals surface area contributed by atoms with Crippen LogP contribution in [0.2, 0.25) is 0 Å². The third-order valence-electron chi connectivity index (χ3n) is 0.745. The van der Waals surface area contributed by atoms with Gasteiger partial charge in [0.2, 0.25) is 5.92 Å². The molecule has 0 atom stereocenters. The van der Waals surface area contributed by atoms with Gasteiger partial charge in [0.25, 0.3) is 0 Å². The van der Waals surface area contributed by atoms with Crippen LogP contribution in [0, 0.1) is 0 Å². The molecular weight excluding hydrogens is 128 g/mol. The quantitative estimate of drug-likeness (QED) is 0.651. The smallest absolute Gasteiger partial charge is 0.247 e. The van der Waals surface area contributed by atoms with E-state index in [2.05, 4.69) is 4.74 Å². The second-order valence-corrected chi connectivity index (χ2v) is 1.81. The summed E-state index contributed by atoms with van der Waals surface area (Å²) in [6.45, 7) is 1.01. The number of halogens is 2. The highest BCUT2D eigenvalue weighted by atomic mass is 19.3. The molecule has 0 aliphatic carbocycles. The van der Waals surface area contributed by atoms with Gasteiger partial charge in [-0.15, -0.1) is 0 Å². The van der Waals surface area contributed by atoms with Crippen molar-refractivity contribution in [3.63, 3.8) is 0 Å². The van der Waals surface area contributed by atoms with E-state index in [0.717, 1.165) is 6.92 Å². The highest BCUT2D eigenvalue weighted by Gasteiger charge is 2.19. The van der Waals surface area contributed by atoms with Crippen LogP contribution in [-0.4, -0.2) is 19.6 Å². The van der Waals surface area contributed by atoms with E-state index >= 15 is 0 Å². The van der Waals surface area contributed by atoms with Crippen molar-refractivity contribution >= 4 is 0 Å². The van der Waals surface area contributed by atoms with Gasteiger partial charge in [0.15, 0.2) is 0 Å². The Bertz CT molecular complexity index is 62.5. The van der Waals surface area contributed by atoms with Gasteiger partial charge >= 0.3 is 0 Å². The molecule has 0 aromatic rings. The van der Waals surface area contributed by atoms with Crippen LogP contribution >= 0.6 is 0 Å². The highest BCUT2D eigenvalue weighted by Crippen LogP contribution is 2.15. The number of hydrogen-bond acceptors (Lipinski definition) is 2. The summed E-state index contributed by atoms with van der Waals surface area (Å²) in [5.74, 6) is -2.57. The largest absolute Gasteiger partial charge is 0.384 e. The van der Waals surface area contributed by atoms with Crippen molar-refractivity contribution in [1.29, 1.82) is 0 Å². The van der Waals surface area contributed by atoms with E-state index in [0.29, 0.717) is 0 Å². The molecule has 0 aliphatic rings. The lowest BCUT2D eigenvalue weighted by Crippen LogP contribution is -2.12. The molecular formula is C5H13F2NO. The molecule has 9 heavy (non-hydrogen) atoms. The van der Waals surface area contributed by atoms with E-state index in [1.54, 1.807) is 0 Å². The molecule has 0 amide bonds. The standard InChI is InChI=1S/C5H10F2O.H3N/c1-5(6,7)3-4-8-2;/h3-4H2,1-2H3;1H3. The average molecular weight is 141 g/mol. The van der Waals surface area contributed by atoms with Gasteiger partial charge in [-0.25, -0.2) is 8.78 Å². The molecule has 0 fully saturated rings. The van der Waals surface area contributed by atoms with Crippen LogP contribution < -0.4 is 6.15 Å². The van der Waals surface area contributed by atoms with E-state index < -0.39 is 5.92 Å². The number of methoxy groups -OCH3 is 1. The molecule has 0 aromatic carbocycles. The van der Waals surface area contributed by atoms with Gasteiger partial charge in [-0.3, -0.25) is 0 Å². The molecule has 0 aliphatic heterocycles. The van der Waals surface area contributed by atoms with Crippen molar-refractivity contribution in [2.75, 3.05) is 13.7 Å². The summed E-state index contributed by atoms with van der Waals surface area (Å²) in [6.07, 6.45) is -0.191. The van der Waals surface area contributed by atoms with Crippen molar-refractivity contribution < 1.29 is 13.5 Å². The Labute approximate surface area is 53.8 Å². The molecule has 0 spiro atoms. The molecule has 0 radical (unpaired) electrons. The highest BCUT2D eigenvalue weighted by molar-refractivity contribution is 4.55. The van der Waals surface area contributed by atoms with Crippen LogP contribution in [0.25, 0.3) is 0 Å². The van der Waals surface area contributed by atoms with E-state index in [4.69, 9.17) is 0 Å². The maximum absolute atomic E-state index is 11.8. The maximum atomic E-state index is 11.8. The number of hydrogen-bond donors (Lipinski definition) is 1. The summed E-state index contributed by atoms with van der Waals surface area (Å²) in [4.78, 5) is 0. The lowest BCUT2D eigenvalue weighted by Gasteiger charge is -2.07. The zero-order valence-corrected chi connectivity index (χ0v) is 5.79. The maximum Gasteiger partial charge on any atom is 0.247 e. The Kier molecular flexibility index (Phi) is 5.96. The van der Waals surface area contributed by atoms with Crippen LogP contribution in [0.3, 0.4) is 0 Å². The molecule has 0 bridgehead atoms. The molecule has 0 unspecified atom stereocenters. The van der Waals surface area contributed by atoms with Gasteiger partial charge in [-0.2, -0.15) is 0 Å². The lowest BCUT2D eigenvalue weighted by molar-refractivity contribution is -0.00890. The van der Waals surface area contributed by atoms with Crippen LogP contribution in [0.5, 0.6) is 0 Å². The molecule has 2 nitrogen and oxygen atoms in total. The Balaban J connectivity index is 0. The molecule has 0 heterocycles. The second-order valence-electron chi connectivity index (χ2n) is 1.81. The fraction of sp³-hybridized carbons (Fsp3) is 1.00. The third-order valence-corrected chi connectivity index (χ3v) is 0.745. The molecule has 0 rings (SSSR count). The van der Waals surface area contributed by atoms with Crippen LogP contribution in [0.1, 0.15) is 13.3 Å². The van der Waals surface area contributed by atoms with E-state index in [1.165, 1.54) is 7.11 Å². The van der Waals surface area contributed by atoms with E-state index in [9.17, 15) is 8.78 Å². The third kappa shape index (κ3) is 11.4. The summed E-state index contributed by atoms with van der Waals surface area (Å²) in [5.41, 5.74) is 0. The van der Waals surface area contributed by atoms with E-state index in [1.807, 2.05) is 0 Å². The fourth-order valence-electron chi connectivity index (χ4n) is 0.281. The van der Waals surface area contributed by atoms with Crippen LogP contribution in [0.4, 0.5) is 8.78 Å². The van der Waals surface area contributed by atoms with Crippen LogP contribution in [-0.2, 0) is 4.74 Å². The van der Waals surface area contributed by atoms with Gasteiger partial charge in [-0.05, 0) is 6.92 Å². The Hall–Kier alpha value is -0.220. The average Bonchev–Trinajstić information content (AvgIpc) is 1.59. The monoisotopic (exact) mass is 141 g/mol. The number of ether oxygens (including phenoxy) is 1. The van der Waals surface area contributed by atoms with Gasteiger partial charge in [0, 0.05) is 13.5 Å². The SMILES string of the molecule is COCCC(C)(F)F.N. The molecule has 58 valence electrons. The first-order valence-electron chi connectivity index (χ1n) is 2.43. The van der Waals surface area contributed by atoms with E-state index in [-0.39, 0.29) is 19.2 Å². The van der Waals surface area contributed by atoms with Crippen molar-refractivity contribution in [2.24, 2.45) is 0 Å².